The van der Waals surface area contributed by atoms with Crippen LogP contribution in [0.3, 0.4) is 0 Å². The summed E-state index contributed by atoms with van der Waals surface area (Å²) in [6.07, 6.45) is 8.26. The van der Waals surface area contributed by atoms with E-state index in [9.17, 15) is 4.39 Å². The molecule has 7 heteroatoms. The molecule has 1 aromatic carbocycles. The van der Waals surface area contributed by atoms with Crippen molar-refractivity contribution in [3.63, 3.8) is 0 Å². The number of nitrogens with zero attached hydrogens (tertiary/aromatic N) is 4. The number of allylic oxidation sites excluding steroid dienone is 1. The Morgan fingerprint density at radius 2 is 2.06 bits per heavy atom. The van der Waals surface area contributed by atoms with E-state index in [1.807, 2.05) is 12.3 Å². The molecule has 0 fully saturated rings. The molecule has 0 aliphatic carbocycles. The highest BCUT2D eigenvalue weighted by molar-refractivity contribution is 5.93. The van der Waals surface area contributed by atoms with E-state index < -0.39 is 0 Å². The Morgan fingerprint density at radius 3 is 2.72 bits per heavy atom. The second kappa shape index (κ2) is 8.78. The van der Waals surface area contributed by atoms with E-state index in [1.54, 1.807) is 13.1 Å². The number of hydrogen-bond acceptors (Lipinski definition) is 5. The average Bonchev–Trinajstić information content (AvgIpc) is 3.44. The number of halogens is 1. The van der Waals surface area contributed by atoms with Crippen LogP contribution in [-0.4, -0.2) is 34.3 Å². The standard InChI is InChI=1S/C18H18N4.C7H8FNO/c1-4-12-8-17-14(9-13(12)16-5-6-20-21-16)15-7-11(2)22(3)18(15)10-19-17;1-5-6(8)3-9-4-7(5)10-2/h5-6,8-10H,2,4,7H2,1,3H3,(H,20,21);3-4H,1-2H3. The van der Waals surface area contributed by atoms with Crippen molar-refractivity contribution < 1.29 is 9.13 Å². The minimum absolute atomic E-state index is 0.334. The molecular weight excluding hydrogens is 405 g/mol. The molecule has 0 saturated heterocycles. The molecule has 0 amide bonds. The van der Waals surface area contributed by atoms with Gasteiger partial charge >= 0.3 is 0 Å². The lowest BCUT2D eigenvalue weighted by atomic mass is 9.96. The normalized spacial score (nSPS) is 12.5. The van der Waals surface area contributed by atoms with E-state index in [0.717, 1.165) is 41.6 Å². The predicted octanol–water partition coefficient (Wildman–Crippen LogP) is 5.23. The maximum absolute atomic E-state index is 12.6. The number of hydrogen-bond donors (Lipinski definition) is 1. The van der Waals surface area contributed by atoms with Crippen LogP contribution in [0.1, 0.15) is 23.6 Å². The number of ether oxygens (including phenoxy) is 1. The first-order valence-corrected chi connectivity index (χ1v) is 10.4. The molecule has 1 N–H and O–H groups in total. The van der Waals surface area contributed by atoms with Crippen molar-refractivity contribution in [3.8, 4) is 17.0 Å². The van der Waals surface area contributed by atoms with Crippen LogP contribution in [-0.2, 0) is 12.8 Å². The summed E-state index contributed by atoms with van der Waals surface area (Å²) in [6, 6.07) is 6.47. The molecule has 5 rings (SSSR count). The molecule has 32 heavy (non-hydrogen) atoms. The molecule has 1 aliphatic rings. The first-order valence-electron chi connectivity index (χ1n) is 10.4. The van der Waals surface area contributed by atoms with E-state index in [4.69, 9.17) is 4.74 Å². The first kappa shape index (κ1) is 21.5. The molecular formula is C25H26FN5O. The molecule has 4 aromatic rings. The number of H-pyrrole nitrogens is 1. The number of fused-ring (bicyclic) bond motifs is 3. The summed E-state index contributed by atoms with van der Waals surface area (Å²) in [7, 11) is 3.54. The van der Waals surface area contributed by atoms with Crippen molar-refractivity contribution in [3.05, 3.63) is 77.8 Å². The summed E-state index contributed by atoms with van der Waals surface area (Å²) < 4.78 is 17.4. The summed E-state index contributed by atoms with van der Waals surface area (Å²) in [5.74, 6) is 0.152. The molecule has 164 valence electrons. The molecule has 0 spiro atoms. The SMILES string of the molecule is C=C1Cc2c(cnc3cc(CC)c(-c4ccn[nH]4)cc23)N1C.COc1cncc(F)c1C. The van der Waals surface area contributed by atoms with E-state index in [-0.39, 0.29) is 5.82 Å². The zero-order chi connectivity index (χ0) is 22.8. The lowest BCUT2D eigenvalue weighted by Crippen LogP contribution is -2.09. The maximum Gasteiger partial charge on any atom is 0.148 e. The van der Waals surface area contributed by atoms with Gasteiger partial charge < -0.3 is 9.64 Å². The third kappa shape index (κ3) is 3.82. The van der Waals surface area contributed by atoms with Crippen LogP contribution in [0.25, 0.3) is 22.2 Å². The van der Waals surface area contributed by atoms with Gasteiger partial charge in [-0.05, 0) is 42.7 Å². The molecule has 0 saturated carbocycles. The van der Waals surface area contributed by atoms with Crippen molar-refractivity contribution in [2.24, 2.45) is 0 Å². The molecule has 3 aromatic heterocycles. The van der Waals surface area contributed by atoms with Crippen molar-refractivity contribution >= 4 is 16.6 Å². The number of methoxy groups -OCH3 is 1. The Kier molecular flexibility index (Phi) is 5.90. The average molecular weight is 432 g/mol. The first-order chi connectivity index (χ1) is 15.4. The number of aryl methyl sites for hydroxylation is 1. The second-order valence-electron chi connectivity index (χ2n) is 7.72. The Balaban J connectivity index is 0.000000207. The molecule has 0 radical (unpaired) electrons. The van der Waals surface area contributed by atoms with Gasteiger partial charge in [-0.3, -0.25) is 15.1 Å². The molecule has 0 atom stereocenters. The fourth-order valence-electron chi connectivity index (χ4n) is 3.93. The molecule has 1 aliphatic heterocycles. The van der Waals surface area contributed by atoms with Crippen LogP contribution >= 0.6 is 0 Å². The number of rotatable bonds is 3. The minimum Gasteiger partial charge on any atom is -0.495 e. The third-order valence-electron chi connectivity index (χ3n) is 5.90. The number of benzene rings is 1. The van der Waals surface area contributed by atoms with Gasteiger partial charge in [-0.15, -0.1) is 0 Å². The van der Waals surface area contributed by atoms with Gasteiger partial charge in [0, 0.05) is 41.9 Å². The Morgan fingerprint density at radius 1 is 1.25 bits per heavy atom. The van der Waals surface area contributed by atoms with Crippen LogP contribution in [0.5, 0.6) is 5.75 Å². The van der Waals surface area contributed by atoms with E-state index in [1.165, 1.54) is 35.4 Å². The summed E-state index contributed by atoms with van der Waals surface area (Å²) in [4.78, 5) is 10.4. The van der Waals surface area contributed by atoms with Gasteiger partial charge in [-0.2, -0.15) is 5.10 Å². The van der Waals surface area contributed by atoms with E-state index >= 15 is 0 Å². The zero-order valence-corrected chi connectivity index (χ0v) is 18.7. The summed E-state index contributed by atoms with van der Waals surface area (Å²) >= 11 is 0. The maximum atomic E-state index is 12.6. The van der Waals surface area contributed by atoms with Crippen molar-refractivity contribution in [1.82, 2.24) is 20.2 Å². The van der Waals surface area contributed by atoms with Crippen LogP contribution in [0, 0.1) is 12.7 Å². The van der Waals surface area contributed by atoms with Crippen LogP contribution < -0.4 is 9.64 Å². The molecule has 0 unspecified atom stereocenters. The summed E-state index contributed by atoms with van der Waals surface area (Å²) in [6.45, 7) is 7.96. The summed E-state index contributed by atoms with van der Waals surface area (Å²) in [5.41, 5.74) is 8.71. The summed E-state index contributed by atoms with van der Waals surface area (Å²) in [5, 5.41) is 8.38. The highest BCUT2D eigenvalue weighted by Gasteiger charge is 2.23. The topological polar surface area (TPSA) is 66.9 Å². The quantitative estimate of drug-likeness (QED) is 0.481. The number of aromatic amines is 1. The number of anilines is 1. The number of nitrogens with one attached hydrogen (secondary N) is 1. The van der Waals surface area contributed by atoms with Crippen molar-refractivity contribution in [1.29, 1.82) is 0 Å². The zero-order valence-electron chi connectivity index (χ0n) is 18.7. The van der Waals surface area contributed by atoms with Gasteiger partial charge in [-0.25, -0.2) is 4.39 Å². The molecule has 4 heterocycles. The van der Waals surface area contributed by atoms with E-state index in [0.29, 0.717) is 11.3 Å². The van der Waals surface area contributed by atoms with E-state index in [2.05, 4.69) is 57.7 Å². The second-order valence-corrected chi connectivity index (χ2v) is 7.72. The third-order valence-corrected chi connectivity index (χ3v) is 5.90. The number of aromatic nitrogens is 4. The smallest absolute Gasteiger partial charge is 0.148 e. The van der Waals surface area contributed by atoms with Crippen molar-refractivity contribution in [2.45, 2.75) is 26.7 Å². The highest BCUT2D eigenvalue weighted by Crippen LogP contribution is 2.38. The monoisotopic (exact) mass is 431 g/mol. The van der Waals surface area contributed by atoms with Crippen LogP contribution in [0.2, 0.25) is 0 Å². The predicted molar refractivity (Wildman–Crippen MR) is 125 cm³/mol. The molecule has 6 nitrogen and oxygen atoms in total. The lowest BCUT2D eigenvalue weighted by Gasteiger charge is -2.14. The van der Waals surface area contributed by atoms with Gasteiger partial charge in [0.2, 0.25) is 0 Å². The van der Waals surface area contributed by atoms with Gasteiger partial charge in [-0.1, -0.05) is 13.5 Å². The highest BCUT2D eigenvalue weighted by atomic mass is 19.1. The fourth-order valence-corrected chi connectivity index (χ4v) is 3.93. The lowest BCUT2D eigenvalue weighted by molar-refractivity contribution is 0.404. The number of pyridine rings is 2. The Bertz CT molecular complexity index is 1280. The largest absolute Gasteiger partial charge is 0.495 e. The van der Waals surface area contributed by atoms with Crippen LogP contribution in [0.4, 0.5) is 10.1 Å². The van der Waals surface area contributed by atoms with Gasteiger partial charge in [0.1, 0.15) is 11.6 Å². The Labute approximate surface area is 186 Å². The van der Waals surface area contributed by atoms with Gasteiger partial charge in [0.25, 0.3) is 0 Å². The van der Waals surface area contributed by atoms with Gasteiger partial charge in [0.05, 0.1) is 42.6 Å². The Hall–Kier alpha value is -3.74. The number of likely N-dealkylation sites (N-methyl/N-ethyl adjacent to an activating group) is 1. The fraction of sp³-hybridized carbons (Fsp3) is 0.240. The van der Waals surface area contributed by atoms with Crippen molar-refractivity contribution in [2.75, 3.05) is 19.1 Å². The minimum atomic E-state index is -0.334. The van der Waals surface area contributed by atoms with Gasteiger partial charge in [0.15, 0.2) is 0 Å². The van der Waals surface area contributed by atoms with Crippen LogP contribution in [0.15, 0.2) is 55.3 Å². The molecule has 0 bridgehead atoms.